The van der Waals surface area contributed by atoms with E-state index >= 15 is 0 Å². The zero-order valence-electron chi connectivity index (χ0n) is 7.41. The van der Waals surface area contributed by atoms with Gasteiger partial charge in [-0.05, 0) is 0 Å². The Morgan fingerprint density at radius 2 is 1.69 bits per heavy atom. The minimum atomic E-state index is -0.943. The molecule has 1 aliphatic heterocycles. The van der Waals surface area contributed by atoms with E-state index < -0.39 is 17.5 Å². The molecule has 0 unspecified atom stereocenters. The lowest BCUT2D eigenvalue weighted by Gasteiger charge is -2.25. The Morgan fingerprint density at radius 3 is 2.15 bits per heavy atom. The van der Waals surface area contributed by atoms with Crippen LogP contribution in [0.5, 0.6) is 0 Å². The number of ketones is 2. The lowest BCUT2D eigenvalue weighted by molar-refractivity contribution is -0.151. The fraction of sp³-hybridized carbons (Fsp3) is 0.625. The molecule has 72 valence electrons. The summed E-state index contributed by atoms with van der Waals surface area (Å²) in [5.74, 6) is -2.37. The third-order valence-electron chi connectivity index (χ3n) is 1.81. The zero-order valence-corrected chi connectivity index (χ0v) is 7.41. The number of amides is 1. The number of carbonyl (C=O) groups is 3. The van der Waals surface area contributed by atoms with Gasteiger partial charge in [-0.3, -0.25) is 14.4 Å². The van der Waals surface area contributed by atoms with Crippen LogP contribution in [0.2, 0.25) is 0 Å². The SMILES string of the molecule is CC(=O)C(=O)C(=O)N1CCOCC1. The molecule has 0 aromatic heterocycles. The van der Waals surface area contributed by atoms with Gasteiger partial charge in [0.15, 0.2) is 0 Å². The molecule has 1 aliphatic rings. The fourth-order valence-corrected chi connectivity index (χ4v) is 1.06. The number of nitrogens with zero attached hydrogens (tertiary/aromatic N) is 1. The third kappa shape index (κ3) is 2.35. The normalized spacial score (nSPS) is 16.8. The maximum absolute atomic E-state index is 11.2. The Kier molecular flexibility index (Phi) is 3.13. The molecule has 5 heteroatoms. The van der Waals surface area contributed by atoms with Crippen LogP contribution in [0.1, 0.15) is 6.92 Å². The first-order chi connectivity index (χ1) is 6.13. The van der Waals surface area contributed by atoms with Gasteiger partial charge in [0.1, 0.15) is 0 Å². The molecule has 0 atom stereocenters. The molecule has 5 nitrogen and oxygen atoms in total. The molecule has 0 aromatic rings. The van der Waals surface area contributed by atoms with Crippen LogP contribution in [0.25, 0.3) is 0 Å². The van der Waals surface area contributed by atoms with Crippen molar-refractivity contribution in [1.29, 1.82) is 0 Å². The van der Waals surface area contributed by atoms with Crippen molar-refractivity contribution >= 4 is 17.5 Å². The number of hydrogen-bond donors (Lipinski definition) is 0. The molecule has 1 fully saturated rings. The molecular formula is C8H11NO4. The number of hydrogen-bond acceptors (Lipinski definition) is 4. The summed E-state index contributed by atoms with van der Waals surface area (Å²) < 4.78 is 5.00. The van der Waals surface area contributed by atoms with E-state index in [2.05, 4.69) is 0 Å². The Morgan fingerprint density at radius 1 is 1.15 bits per heavy atom. The van der Waals surface area contributed by atoms with Crippen LogP contribution in [0.15, 0.2) is 0 Å². The molecule has 0 aliphatic carbocycles. The van der Waals surface area contributed by atoms with Crippen LogP contribution in [0.3, 0.4) is 0 Å². The van der Waals surface area contributed by atoms with E-state index in [9.17, 15) is 14.4 Å². The van der Waals surface area contributed by atoms with Gasteiger partial charge in [0.25, 0.3) is 11.7 Å². The van der Waals surface area contributed by atoms with Gasteiger partial charge in [-0.25, -0.2) is 0 Å². The highest BCUT2D eigenvalue weighted by molar-refractivity contribution is 6.62. The van der Waals surface area contributed by atoms with Gasteiger partial charge >= 0.3 is 0 Å². The predicted molar refractivity (Wildman–Crippen MR) is 43.1 cm³/mol. The molecule has 0 aromatic carbocycles. The van der Waals surface area contributed by atoms with Gasteiger partial charge < -0.3 is 9.64 Å². The first-order valence-electron chi connectivity index (χ1n) is 4.05. The van der Waals surface area contributed by atoms with Crippen molar-refractivity contribution < 1.29 is 19.1 Å². The number of carbonyl (C=O) groups excluding carboxylic acids is 3. The Balaban J connectivity index is 2.55. The Labute approximate surface area is 75.6 Å². The average Bonchev–Trinajstić information content (AvgIpc) is 2.17. The first-order valence-corrected chi connectivity index (χ1v) is 4.05. The summed E-state index contributed by atoms with van der Waals surface area (Å²) in [4.78, 5) is 34.1. The topological polar surface area (TPSA) is 63.7 Å². The molecule has 0 radical (unpaired) electrons. The van der Waals surface area contributed by atoms with E-state index in [1.165, 1.54) is 4.90 Å². The molecular weight excluding hydrogens is 174 g/mol. The first kappa shape index (κ1) is 9.85. The van der Waals surface area contributed by atoms with Gasteiger partial charge in [-0.2, -0.15) is 0 Å². The lowest BCUT2D eigenvalue weighted by Crippen LogP contribution is -2.45. The summed E-state index contributed by atoms with van der Waals surface area (Å²) in [6.45, 7) is 2.73. The van der Waals surface area contributed by atoms with Gasteiger partial charge in [0.2, 0.25) is 5.78 Å². The molecule has 1 heterocycles. The number of rotatable bonds is 2. The quantitative estimate of drug-likeness (QED) is 0.409. The van der Waals surface area contributed by atoms with Gasteiger partial charge in [0, 0.05) is 20.0 Å². The van der Waals surface area contributed by atoms with Crippen molar-refractivity contribution in [3.05, 3.63) is 0 Å². The van der Waals surface area contributed by atoms with Crippen LogP contribution in [0.4, 0.5) is 0 Å². The summed E-state index contributed by atoms with van der Waals surface area (Å²) in [5.41, 5.74) is 0. The average molecular weight is 185 g/mol. The fourth-order valence-electron chi connectivity index (χ4n) is 1.06. The molecule has 1 amide bonds. The van der Waals surface area contributed by atoms with Crippen molar-refractivity contribution in [2.24, 2.45) is 0 Å². The lowest BCUT2D eigenvalue weighted by atomic mass is 10.2. The molecule has 1 rings (SSSR count). The highest BCUT2D eigenvalue weighted by Crippen LogP contribution is 1.98. The van der Waals surface area contributed by atoms with Gasteiger partial charge in [-0.1, -0.05) is 0 Å². The molecule has 1 saturated heterocycles. The van der Waals surface area contributed by atoms with Crippen molar-refractivity contribution in [1.82, 2.24) is 4.90 Å². The summed E-state index contributed by atoms with van der Waals surface area (Å²) in [7, 11) is 0. The van der Waals surface area contributed by atoms with E-state index in [0.717, 1.165) is 6.92 Å². The van der Waals surface area contributed by atoms with Crippen LogP contribution in [0, 0.1) is 0 Å². The second kappa shape index (κ2) is 4.13. The summed E-state index contributed by atoms with van der Waals surface area (Å²) >= 11 is 0. The number of Topliss-reactive ketones (excluding diaryl/α,β-unsaturated/α-hetero) is 2. The third-order valence-corrected chi connectivity index (χ3v) is 1.81. The van der Waals surface area contributed by atoms with Crippen molar-refractivity contribution in [3.8, 4) is 0 Å². The van der Waals surface area contributed by atoms with Crippen LogP contribution < -0.4 is 0 Å². The minimum absolute atomic E-state index is 0.387. The second-order valence-electron chi connectivity index (χ2n) is 2.79. The zero-order chi connectivity index (χ0) is 9.84. The van der Waals surface area contributed by atoms with Gasteiger partial charge in [-0.15, -0.1) is 0 Å². The number of morpholine rings is 1. The van der Waals surface area contributed by atoms with Crippen LogP contribution in [-0.2, 0) is 19.1 Å². The van der Waals surface area contributed by atoms with Crippen LogP contribution in [-0.4, -0.2) is 48.7 Å². The predicted octanol–water partition coefficient (Wildman–Crippen LogP) is -0.997. The summed E-state index contributed by atoms with van der Waals surface area (Å²) in [6.07, 6.45) is 0. The van der Waals surface area contributed by atoms with E-state index in [1.54, 1.807) is 0 Å². The number of ether oxygens (including phenoxy) is 1. The standard InChI is InChI=1S/C8H11NO4/c1-6(10)7(11)8(12)9-2-4-13-5-3-9/h2-5H2,1H3. The largest absolute Gasteiger partial charge is 0.378 e. The van der Waals surface area contributed by atoms with E-state index in [1.807, 2.05) is 0 Å². The van der Waals surface area contributed by atoms with Crippen molar-refractivity contribution in [3.63, 3.8) is 0 Å². The van der Waals surface area contributed by atoms with Crippen molar-refractivity contribution in [2.75, 3.05) is 26.3 Å². The van der Waals surface area contributed by atoms with E-state index in [4.69, 9.17) is 4.74 Å². The van der Waals surface area contributed by atoms with Gasteiger partial charge in [0.05, 0.1) is 13.2 Å². The minimum Gasteiger partial charge on any atom is -0.378 e. The Bertz CT molecular complexity index is 243. The smallest absolute Gasteiger partial charge is 0.298 e. The summed E-state index contributed by atoms with van der Waals surface area (Å²) in [6, 6.07) is 0. The maximum Gasteiger partial charge on any atom is 0.298 e. The highest BCUT2D eigenvalue weighted by atomic mass is 16.5. The summed E-state index contributed by atoms with van der Waals surface area (Å²) in [5, 5.41) is 0. The monoisotopic (exact) mass is 185 g/mol. The second-order valence-corrected chi connectivity index (χ2v) is 2.79. The highest BCUT2D eigenvalue weighted by Gasteiger charge is 2.26. The molecule has 0 saturated carbocycles. The molecule has 13 heavy (non-hydrogen) atoms. The Hall–Kier alpha value is -1.23. The maximum atomic E-state index is 11.2. The van der Waals surface area contributed by atoms with E-state index in [0.29, 0.717) is 26.3 Å². The molecule has 0 bridgehead atoms. The molecule has 0 spiro atoms. The van der Waals surface area contributed by atoms with Crippen LogP contribution >= 0.6 is 0 Å². The van der Waals surface area contributed by atoms with E-state index in [-0.39, 0.29) is 0 Å². The molecule has 0 N–H and O–H groups in total. The van der Waals surface area contributed by atoms with Crippen molar-refractivity contribution in [2.45, 2.75) is 6.92 Å².